The van der Waals surface area contributed by atoms with Crippen molar-refractivity contribution < 1.29 is 9.59 Å². The Bertz CT molecular complexity index is 691. The third-order valence-corrected chi connectivity index (χ3v) is 4.98. The van der Waals surface area contributed by atoms with Crippen LogP contribution >= 0.6 is 11.3 Å². The molecule has 0 radical (unpaired) electrons. The van der Waals surface area contributed by atoms with Gasteiger partial charge in [-0.25, -0.2) is 0 Å². The van der Waals surface area contributed by atoms with Crippen molar-refractivity contribution in [3.8, 4) is 0 Å². The lowest BCUT2D eigenvalue weighted by molar-refractivity contribution is -0.116. The van der Waals surface area contributed by atoms with Gasteiger partial charge in [-0.2, -0.15) is 0 Å². The zero-order valence-corrected chi connectivity index (χ0v) is 15.2. The number of hydrogen-bond acceptors (Lipinski definition) is 5. The summed E-state index contributed by atoms with van der Waals surface area (Å²) < 4.78 is 0. The highest BCUT2D eigenvalue weighted by Crippen LogP contribution is 2.28. The van der Waals surface area contributed by atoms with Crippen molar-refractivity contribution in [2.75, 3.05) is 5.32 Å². The van der Waals surface area contributed by atoms with Gasteiger partial charge in [-0.1, -0.05) is 55.0 Å². The fourth-order valence-electron chi connectivity index (χ4n) is 2.38. The minimum Gasteiger partial charge on any atom is -0.301 e. The maximum absolute atomic E-state index is 12.1. The highest BCUT2D eigenvalue weighted by atomic mass is 32.1. The normalized spacial score (nSPS) is 10.8. The molecule has 0 fully saturated rings. The number of nitrogens with zero attached hydrogens (tertiary/aromatic N) is 2. The molecule has 24 heavy (non-hydrogen) atoms. The summed E-state index contributed by atoms with van der Waals surface area (Å²) in [6.45, 7) is 6.20. The van der Waals surface area contributed by atoms with Gasteiger partial charge in [-0.15, -0.1) is 10.2 Å². The Labute approximate surface area is 146 Å². The topological polar surface area (TPSA) is 72.0 Å². The second-order valence-corrected chi connectivity index (χ2v) is 6.81. The number of nitrogens with one attached hydrogen (secondary N) is 1. The predicted octanol–water partition coefficient (Wildman–Crippen LogP) is 4.35. The van der Waals surface area contributed by atoms with Gasteiger partial charge in [0.25, 0.3) is 0 Å². The number of carbonyl (C=O) groups excluding carboxylic acids is 2. The first kappa shape index (κ1) is 18.3. The highest BCUT2D eigenvalue weighted by molar-refractivity contribution is 7.15. The molecule has 1 heterocycles. The molecule has 0 unspecified atom stereocenters. The number of hydrogen-bond donors (Lipinski definition) is 1. The van der Waals surface area contributed by atoms with Gasteiger partial charge >= 0.3 is 0 Å². The Hall–Kier alpha value is -2.08. The number of benzene rings is 1. The molecule has 128 valence electrons. The van der Waals surface area contributed by atoms with Crippen LogP contribution in [0.1, 0.15) is 66.4 Å². The number of rotatable bonds is 8. The average Bonchev–Trinajstić information content (AvgIpc) is 3.02. The molecule has 1 N–H and O–H groups in total. The number of ketones is 1. The van der Waals surface area contributed by atoms with Crippen molar-refractivity contribution in [3.63, 3.8) is 0 Å². The second-order valence-electron chi connectivity index (χ2n) is 5.80. The van der Waals surface area contributed by atoms with Crippen molar-refractivity contribution in [2.24, 2.45) is 0 Å². The molecule has 6 heteroatoms. The lowest BCUT2D eigenvalue weighted by Crippen LogP contribution is -2.13. The molecule has 0 aliphatic rings. The van der Waals surface area contributed by atoms with E-state index in [-0.39, 0.29) is 24.5 Å². The van der Waals surface area contributed by atoms with Crippen LogP contribution < -0.4 is 5.32 Å². The summed E-state index contributed by atoms with van der Waals surface area (Å²) in [5.74, 6) is 0.152. The number of aryl methyl sites for hydroxylation is 1. The molecule has 0 saturated heterocycles. The first-order valence-electron chi connectivity index (χ1n) is 8.26. The molecule has 1 amide bonds. The molecule has 2 aromatic rings. The lowest BCUT2D eigenvalue weighted by atomic mass is 10.1. The van der Waals surface area contributed by atoms with Crippen LogP contribution in [0.15, 0.2) is 24.3 Å². The van der Waals surface area contributed by atoms with E-state index in [1.807, 2.05) is 19.1 Å². The van der Waals surface area contributed by atoms with Crippen molar-refractivity contribution >= 4 is 28.2 Å². The van der Waals surface area contributed by atoms with Crippen molar-refractivity contribution in [3.05, 3.63) is 40.4 Å². The maximum atomic E-state index is 12.1. The minimum absolute atomic E-state index is 0.0277. The standard InChI is InChI=1S/C18H23N3O2S/c1-4-13(5-2)17-20-21-18(24-17)19-16(23)11-10-15(22)14-8-6-12(3)7-9-14/h6-9,13H,4-5,10-11H2,1-3H3,(H,19,21,23). The van der Waals surface area contributed by atoms with Gasteiger partial charge < -0.3 is 5.32 Å². The molecule has 0 saturated carbocycles. The Morgan fingerprint density at radius 2 is 1.75 bits per heavy atom. The average molecular weight is 345 g/mol. The fourth-order valence-corrected chi connectivity index (χ4v) is 3.41. The van der Waals surface area contributed by atoms with E-state index in [1.54, 1.807) is 12.1 Å². The van der Waals surface area contributed by atoms with E-state index < -0.39 is 0 Å². The zero-order chi connectivity index (χ0) is 17.5. The zero-order valence-electron chi connectivity index (χ0n) is 14.3. The van der Waals surface area contributed by atoms with Crippen LogP contribution in [0.5, 0.6) is 0 Å². The number of carbonyl (C=O) groups is 2. The summed E-state index contributed by atoms with van der Waals surface area (Å²) in [5, 5.41) is 12.4. The summed E-state index contributed by atoms with van der Waals surface area (Å²) in [5.41, 5.74) is 1.74. The molecule has 1 aromatic carbocycles. The van der Waals surface area contributed by atoms with E-state index >= 15 is 0 Å². The largest absolute Gasteiger partial charge is 0.301 e. The highest BCUT2D eigenvalue weighted by Gasteiger charge is 2.15. The van der Waals surface area contributed by atoms with Gasteiger partial charge in [0.15, 0.2) is 5.78 Å². The van der Waals surface area contributed by atoms with E-state index in [0.717, 1.165) is 23.4 Å². The van der Waals surface area contributed by atoms with Crippen molar-refractivity contribution in [1.29, 1.82) is 0 Å². The van der Waals surface area contributed by atoms with Crippen molar-refractivity contribution in [2.45, 2.75) is 52.4 Å². The third-order valence-electron chi connectivity index (χ3n) is 3.97. The molecule has 5 nitrogen and oxygen atoms in total. The minimum atomic E-state index is -0.206. The van der Waals surface area contributed by atoms with Crippen molar-refractivity contribution in [1.82, 2.24) is 10.2 Å². The Morgan fingerprint density at radius 3 is 2.38 bits per heavy atom. The summed E-state index contributed by atoms with van der Waals surface area (Å²) >= 11 is 1.41. The van der Waals surface area contributed by atoms with E-state index in [9.17, 15) is 9.59 Å². The number of amides is 1. The fraction of sp³-hybridized carbons (Fsp3) is 0.444. The molecule has 0 bridgehead atoms. The number of Topliss-reactive ketones (excluding diaryl/α,β-unsaturated/α-hetero) is 1. The lowest BCUT2D eigenvalue weighted by Gasteiger charge is -2.05. The Balaban J connectivity index is 1.85. The quantitative estimate of drug-likeness (QED) is 0.722. The smallest absolute Gasteiger partial charge is 0.226 e. The molecule has 2 rings (SSSR count). The van der Waals surface area contributed by atoms with E-state index in [1.165, 1.54) is 11.3 Å². The number of aromatic nitrogens is 2. The molecule has 0 aliphatic heterocycles. The van der Waals surface area contributed by atoms with Crippen LogP contribution in [0.2, 0.25) is 0 Å². The van der Waals surface area contributed by atoms with Crippen LogP contribution in [0.25, 0.3) is 0 Å². The van der Waals surface area contributed by atoms with Crippen LogP contribution in [0, 0.1) is 6.92 Å². The molecule has 1 aromatic heterocycles. The Morgan fingerprint density at radius 1 is 1.08 bits per heavy atom. The first-order chi connectivity index (χ1) is 11.5. The van der Waals surface area contributed by atoms with Gasteiger partial charge in [0.1, 0.15) is 5.01 Å². The van der Waals surface area contributed by atoms with Crippen LogP contribution in [-0.4, -0.2) is 21.9 Å². The molecular weight excluding hydrogens is 322 g/mol. The van der Waals surface area contributed by atoms with Gasteiger partial charge in [0, 0.05) is 24.3 Å². The van der Waals surface area contributed by atoms with Gasteiger partial charge in [0.2, 0.25) is 11.0 Å². The maximum Gasteiger partial charge on any atom is 0.226 e. The summed E-state index contributed by atoms with van der Waals surface area (Å²) in [6.07, 6.45) is 2.34. The molecule has 0 atom stereocenters. The van der Waals surface area contributed by atoms with Gasteiger partial charge in [-0.3, -0.25) is 9.59 Å². The summed E-state index contributed by atoms with van der Waals surface area (Å²) in [6, 6.07) is 7.38. The van der Waals surface area contributed by atoms with Gasteiger partial charge in [0.05, 0.1) is 0 Å². The second kappa shape index (κ2) is 8.68. The molecular formula is C18H23N3O2S. The van der Waals surface area contributed by atoms with Gasteiger partial charge in [-0.05, 0) is 19.8 Å². The van der Waals surface area contributed by atoms with E-state index in [2.05, 4.69) is 29.4 Å². The third kappa shape index (κ3) is 4.96. The van der Waals surface area contributed by atoms with Crippen LogP contribution in [-0.2, 0) is 4.79 Å². The van der Waals surface area contributed by atoms with E-state index in [0.29, 0.717) is 16.6 Å². The number of anilines is 1. The van der Waals surface area contributed by atoms with Crippen LogP contribution in [0.3, 0.4) is 0 Å². The molecule has 0 aliphatic carbocycles. The Kier molecular flexibility index (Phi) is 6.61. The summed E-state index contributed by atoms with van der Waals surface area (Å²) in [4.78, 5) is 24.1. The van der Waals surface area contributed by atoms with Crippen LogP contribution in [0.4, 0.5) is 5.13 Å². The van der Waals surface area contributed by atoms with E-state index in [4.69, 9.17) is 0 Å². The molecule has 0 spiro atoms. The summed E-state index contributed by atoms with van der Waals surface area (Å²) in [7, 11) is 0. The first-order valence-corrected chi connectivity index (χ1v) is 9.08. The predicted molar refractivity (Wildman–Crippen MR) is 96.6 cm³/mol. The monoisotopic (exact) mass is 345 g/mol. The SMILES string of the molecule is CCC(CC)c1nnc(NC(=O)CCC(=O)c2ccc(C)cc2)s1.